The van der Waals surface area contributed by atoms with E-state index < -0.39 is 26.5 Å². The van der Waals surface area contributed by atoms with Crippen LogP contribution in [0.1, 0.15) is 97.3 Å². The first kappa shape index (κ1) is 31.0. The van der Waals surface area contributed by atoms with E-state index >= 15 is 0 Å². The first-order chi connectivity index (χ1) is 15.3. The van der Waals surface area contributed by atoms with Crippen molar-refractivity contribution in [1.82, 2.24) is 5.32 Å². The fourth-order valence-corrected chi connectivity index (χ4v) is 3.70. The lowest BCUT2D eigenvalue weighted by atomic mass is 10.1. The molecule has 0 aromatic carbocycles. The molecule has 32 heavy (non-hydrogen) atoms. The molecule has 2 atom stereocenters. The van der Waals surface area contributed by atoms with Crippen LogP contribution in [-0.4, -0.2) is 54.3 Å². The molecule has 0 radical (unpaired) electrons. The quantitative estimate of drug-likeness (QED) is 0.119. The van der Waals surface area contributed by atoms with E-state index in [0.717, 1.165) is 19.3 Å². The molecule has 3 N–H and O–H groups in total. The highest BCUT2D eigenvalue weighted by Gasteiger charge is 2.23. The number of unbranched alkanes of at least 4 members (excludes halogenated alkanes) is 9. The van der Waals surface area contributed by atoms with Crippen molar-refractivity contribution in [3.05, 3.63) is 0 Å². The highest BCUT2D eigenvalue weighted by Crippen LogP contribution is 2.42. The normalized spacial score (nSPS) is 14.0. The lowest BCUT2D eigenvalue weighted by Gasteiger charge is -2.15. The maximum Gasteiger partial charge on any atom is 0.472 e. The molecular formula is C22H44NO8P. The van der Waals surface area contributed by atoms with Crippen LogP contribution in [0.25, 0.3) is 0 Å². The first-order valence-electron chi connectivity index (χ1n) is 12.0. The van der Waals surface area contributed by atoms with Crippen LogP contribution in [0.3, 0.4) is 0 Å². The van der Waals surface area contributed by atoms with Crippen molar-refractivity contribution < 1.29 is 37.9 Å². The molecule has 0 spiro atoms. The molecule has 0 rings (SSSR count). The maximum atomic E-state index is 11.8. The standard InChI is InChI=1S/C22H44NO8P/c1-3-5-6-7-8-9-10-11-12-13-15-21(25)23-16-17-30-32(27,28)31-19-20(24)18-29-22(26)14-4-2/h20,24H,3-19H2,1-2H3,(H,23,25)(H,27,28). The number of esters is 1. The minimum Gasteiger partial charge on any atom is -0.463 e. The van der Waals surface area contributed by atoms with E-state index in [-0.39, 0.29) is 32.1 Å². The van der Waals surface area contributed by atoms with Gasteiger partial charge in [-0.25, -0.2) is 4.57 Å². The number of hydrogen-bond donors (Lipinski definition) is 3. The Morgan fingerprint density at radius 1 is 0.844 bits per heavy atom. The summed E-state index contributed by atoms with van der Waals surface area (Å²) in [6.45, 7) is 3.09. The summed E-state index contributed by atoms with van der Waals surface area (Å²) >= 11 is 0. The summed E-state index contributed by atoms with van der Waals surface area (Å²) in [4.78, 5) is 32.6. The number of ether oxygens (including phenoxy) is 1. The van der Waals surface area contributed by atoms with Crippen LogP contribution >= 0.6 is 7.82 Å². The summed E-state index contributed by atoms with van der Waals surface area (Å²) in [7, 11) is -4.36. The Morgan fingerprint density at radius 3 is 2.03 bits per heavy atom. The van der Waals surface area contributed by atoms with E-state index in [4.69, 9.17) is 9.26 Å². The van der Waals surface area contributed by atoms with E-state index in [2.05, 4.69) is 16.8 Å². The molecule has 0 heterocycles. The number of hydrogen-bond acceptors (Lipinski definition) is 7. The van der Waals surface area contributed by atoms with Gasteiger partial charge >= 0.3 is 13.8 Å². The van der Waals surface area contributed by atoms with Gasteiger partial charge in [-0.15, -0.1) is 0 Å². The van der Waals surface area contributed by atoms with Crippen LogP contribution in [0.15, 0.2) is 0 Å². The Morgan fingerprint density at radius 2 is 1.44 bits per heavy atom. The Hall–Kier alpha value is -0.990. The van der Waals surface area contributed by atoms with Crippen molar-refractivity contribution >= 4 is 19.7 Å². The number of carbonyl (C=O) groups is 2. The predicted octanol–water partition coefficient (Wildman–Crippen LogP) is 4.25. The Kier molecular flexibility index (Phi) is 20.0. The largest absolute Gasteiger partial charge is 0.472 e. The van der Waals surface area contributed by atoms with Crippen molar-refractivity contribution in [2.24, 2.45) is 0 Å². The van der Waals surface area contributed by atoms with Crippen LogP contribution in [0.5, 0.6) is 0 Å². The van der Waals surface area contributed by atoms with Crippen LogP contribution in [-0.2, 0) is 27.9 Å². The van der Waals surface area contributed by atoms with Gasteiger partial charge in [-0.05, 0) is 12.8 Å². The summed E-state index contributed by atoms with van der Waals surface area (Å²) in [5.74, 6) is -0.574. The van der Waals surface area contributed by atoms with Crippen molar-refractivity contribution in [2.45, 2.75) is 103 Å². The summed E-state index contributed by atoms with van der Waals surface area (Å²) in [5.41, 5.74) is 0. The Balaban J connectivity index is 3.63. The van der Waals surface area contributed by atoms with Crippen molar-refractivity contribution in [3.8, 4) is 0 Å². The molecule has 0 saturated carbocycles. The average Bonchev–Trinajstić information content (AvgIpc) is 2.75. The highest BCUT2D eigenvalue weighted by molar-refractivity contribution is 7.47. The molecular weight excluding hydrogens is 437 g/mol. The molecule has 0 aliphatic carbocycles. The number of aliphatic hydroxyl groups excluding tert-OH is 1. The third-order valence-corrected chi connectivity index (χ3v) is 5.74. The summed E-state index contributed by atoms with van der Waals surface area (Å²) < 4.78 is 26.0. The molecule has 2 unspecified atom stereocenters. The third kappa shape index (κ3) is 20.9. The van der Waals surface area contributed by atoms with Crippen LogP contribution in [0.4, 0.5) is 0 Å². The number of carbonyl (C=O) groups excluding carboxylic acids is 2. The van der Waals surface area contributed by atoms with Gasteiger partial charge < -0.3 is 20.1 Å². The topological polar surface area (TPSA) is 131 Å². The Bertz CT molecular complexity index is 532. The highest BCUT2D eigenvalue weighted by atomic mass is 31.2. The smallest absolute Gasteiger partial charge is 0.463 e. The van der Waals surface area contributed by atoms with Gasteiger partial charge in [0.2, 0.25) is 5.91 Å². The second-order valence-corrected chi connectivity index (χ2v) is 9.42. The average molecular weight is 482 g/mol. The summed E-state index contributed by atoms with van der Waals surface area (Å²) in [6.07, 6.45) is 12.0. The van der Waals surface area contributed by atoms with E-state index in [1.807, 2.05) is 6.92 Å². The minimum atomic E-state index is -4.36. The van der Waals surface area contributed by atoms with E-state index in [9.17, 15) is 24.2 Å². The zero-order valence-corrected chi connectivity index (χ0v) is 20.8. The lowest BCUT2D eigenvalue weighted by molar-refractivity contribution is -0.147. The van der Waals surface area contributed by atoms with Gasteiger partial charge in [0.25, 0.3) is 0 Å². The first-order valence-corrected chi connectivity index (χ1v) is 13.5. The van der Waals surface area contributed by atoms with Crippen molar-refractivity contribution in [2.75, 3.05) is 26.4 Å². The molecule has 9 nitrogen and oxygen atoms in total. The SMILES string of the molecule is CCCCCCCCCCCCC(=O)NCCOP(=O)(O)OCC(O)COC(=O)CCC. The van der Waals surface area contributed by atoms with Gasteiger partial charge in [0, 0.05) is 19.4 Å². The number of phosphoric acid groups is 1. The number of aliphatic hydroxyl groups is 1. The van der Waals surface area contributed by atoms with Gasteiger partial charge in [-0.3, -0.25) is 18.6 Å². The van der Waals surface area contributed by atoms with E-state index in [1.54, 1.807) is 0 Å². The molecule has 0 saturated heterocycles. The molecule has 10 heteroatoms. The second kappa shape index (κ2) is 20.6. The fourth-order valence-electron chi connectivity index (χ4n) is 2.94. The monoisotopic (exact) mass is 481 g/mol. The molecule has 0 fully saturated rings. The van der Waals surface area contributed by atoms with Crippen molar-refractivity contribution in [3.63, 3.8) is 0 Å². The van der Waals surface area contributed by atoms with Crippen molar-refractivity contribution in [1.29, 1.82) is 0 Å². The zero-order valence-electron chi connectivity index (χ0n) is 19.9. The second-order valence-electron chi connectivity index (χ2n) is 7.97. The minimum absolute atomic E-state index is 0.0850. The molecule has 0 aliphatic rings. The molecule has 0 aliphatic heterocycles. The van der Waals surface area contributed by atoms with Gasteiger partial charge in [0.15, 0.2) is 0 Å². The van der Waals surface area contributed by atoms with E-state index in [1.165, 1.54) is 44.9 Å². The molecule has 0 aromatic rings. The number of amides is 1. The predicted molar refractivity (Wildman–Crippen MR) is 123 cm³/mol. The molecule has 0 aromatic heterocycles. The van der Waals surface area contributed by atoms with Gasteiger partial charge in [-0.1, -0.05) is 71.6 Å². The van der Waals surface area contributed by atoms with Gasteiger partial charge in [0.05, 0.1) is 13.2 Å². The lowest BCUT2D eigenvalue weighted by Crippen LogP contribution is -2.27. The van der Waals surface area contributed by atoms with E-state index in [0.29, 0.717) is 12.8 Å². The summed E-state index contributed by atoms with van der Waals surface area (Å²) in [5, 5.41) is 12.3. The maximum absolute atomic E-state index is 11.8. The van der Waals surface area contributed by atoms with Gasteiger partial charge in [0.1, 0.15) is 12.7 Å². The summed E-state index contributed by atoms with van der Waals surface area (Å²) in [6, 6.07) is 0. The number of nitrogens with one attached hydrogen (secondary N) is 1. The van der Waals surface area contributed by atoms with Crippen LogP contribution in [0.2, 0.25) is 0 Å². The van der Waals surface area contributed by atoms with Crippen LogP contribution < -0.4 is 5.32 Å². The number of phosphoric ester groups is 1. The van der Waals surface area contributed by atoms with Gasteiger partial charge in [-0.2, -0.15) is 0 Å². The molecule has 1 amide bonds. The molecule has 190 valence electrons. The zero-order chi connectivity index (χ0) is 24.1. The fraction of sp³-hybridized carbons (Fsp3) is 0.909. The Labute approximate surface area is 193 Å². The number of rotatable bonds is 22. The third-order valence-electron chi connectivity index (χ3n) is 4.76. The van der Waals surface area contributed by atoms with Crippen LogP contribution in [0, 0.1) is 0 Å². The molecule has 0 bridgehead atoms.